The maximum atomic E-state index is 10.9. The van der Waals surface area contributed by atoms with Crippen molar-refractivity contribution in [1.82, 2.24) is 4.72 Å². The lowest BCUT2D eigenvalue weighted by molar-refractivity contribution is 0.311. The standard InChI is InChI=1S/C8H17NO2S/c1-7-5-3-4-6-8(7)9-12(2,10)11/h7-9H,3-6H2,1-2H3. The molecule has 2 atom stereocenters. The van der Waals surface area contributed by atoms with Crippen molar-refractivity contribution >= 4 is 10.0 Å². The van der Waals surface area contributed by atoms with Crippen molar-refractivity contribution in [2.75, 3.05) is 6.26 Å². The first-order valence-electron chi connectivity index (χ1n) is 4.46. The van der Waals surface area contributed by atoms with Gasteiger partial charge in [-0.1, -0.05) is 19.8 Å². The first-order chi connectivity index (χ1) is 5.49. The summed E-state index contributed by atoms with van der Waals surface area (Å²) in [6, 6.07) is 0.175. The van der Waals surface area contributed by atoms with Crippen molar-refractivity contribution in [1.29, 1.82) is 0 Å². The van der Waals surface area contributed by atoms with E-state index in [4.69, 9.17) is 0 Å². The number of hydrogen-bond acceptors (Lipinski definition) is 2. The van der Waals surface area contributed by atoms with Gasteiger partial charge in [0.1, 0.15) is 0 Å². The topological polar surface area (TPSA) is 46.2 Å². The van der Waals surface area contributed by atoms with E-state index in [0.717, 1.165) is 19.3 Å². The highest BCUT2D eigenvalue weighted by molar-refractivity contribution is 7.88. The highest BCUT2D eigenvalue weighted by Gasteiger charge is 2.23. The van der Waals surface area contributed by atoms with Crippen molar-refractivity contribution in [3.63, 3.8) is 0 Å². The Bertz CT molecular complexity index is 235. The molecule has 0 aromatic rings. The Balaban J connectivity index is 2.50. The van der Waals surface area contributed by atoms with Gasteiger partial charge in [-0.2, -0.15) is 0 Å². The van der Waals surface area contributed by atoms with Crippen molar-refractivity contribution in [3.05, 3.63) is 0 Å². The van der Waals surface area contributed by atoms with Gasteiger partial charge in [0, 0.05) is 6.04 Å². The van der Waals surface area contributed by atoms with Crippen LogP contribution in [0.5, 0.6) is 0 Å². The predicted molar refractivity (Wildman–Crippen MR) is 49.4 cm³/mol. The molecule has 0 bridgehead atoms. The maximum Gasteiger partial charge on any atom is 0.208 e. The van der Waals surface area contributed by atoms with Crippen molar-refractivity contribution in [3.8, 4) is 0 Å². The molecule has 0 aliphatic heterocycles. The molecule has 0 saturated heterocycles. The molecule has 2 unspecified atom stereocenters. The smallest absolute Gasteiger partial charge is 0.208 e. The molecule has 4 heteroatoms. The third kappa shape index (κ3) is 3.11. The summed E-state index contributed by atoms with van der Waals surface area (Å²) in [5.74, 6) is 0.494. The summed E-state index contributed by atoms with van der Waals surface area (Å²) in [6.45, 7) is 2.11. The molecule has 1 fully saturated rings. The van der Waals surface area contributed by atoms with Crippen LogP contribution in [0.4, 0.5) is 0 Å². The molecule has 12 heavy (non-hydrogen) atoms. The van der Waals surface area contributed by atoms with E-state index < -0.39 is 10.0 Å². The summed E-state index contributed by atoms with van der Waals surface area (Å²) in [5.41, 5.74) is 0. The molecule has 1 saturated carbocycles. The number of hydrogen-bond donors (Lipinski definition) is 1. The second-order valence-electron chi connectivity index (χ2n) is 3.76. The fraction of sp³-hybridized carbons (Fsp3) is 1.00. The Kier molecular flexibility index (Phi) is 3.12. The molecule has 1 aliphatic carbocycles. The molecule has 1 rings (SSSR count). The minimum absolute atomic E-state index is 0.175. The number of nitrogens with one attached hydrogen (secondary N) is 1. The molecule has 0 radical (unpaired) electrons. The molecule has 0 spiro atoms. The van der Waals surface area contributed by atoms with E-state index in [9.17, 15) is 8.42 Å². The molecular formula is C8H17NO2S. The van der Waals surface area contributed by atoms with Gasteiger partial charge in [-0.3, -0.25) is 0 Å². The average molecular weight is 191 g/mol. The fourth-order valence-corrected chi connectivity index (χ4v) is 2.67. The van der Waals surface area contributed by atoms with Gasteiger partial charge in [-0.05, 0) is 18.8 Å². The third-order valence-electron chi connectivity index (χ3n) is 2.48. The second kappa shape index (κ2) is 3.75. The Morgan fingerprint density at radius 2 is 1.83 bits per heavy atom. The number of sulfonamides is 1. The zero-order chi connectivity index (χ0) is 9.19. The monoisotopic (exact) mass is 191 g/mol. The lowest BCUT2D eigenvalue weighted by Crippen LogP contribution is -2.40. The molecule has 1 aliphatic rings. The average Bonchev–Trinajstić information content (AvgIpc) is 1.91. The van der Waals surface area contributed by atoms with Gasteiger partial charge >= 0.3 is 0 Å². The highest BCUT2D eigenvalue weighted by Crippen LogP contribution is 2.23. The minimum Gasteiger partial charge on any atom is -0.213 e. The van der Waals surface area contributed by atoms with E-state index in [0.29, 0.717) is 5.92 Å². The van der Waals surface area contributed by atoms with Crippen LogP contribution in [0.3, 0.4) is 0 Å². The molecule has 72 valence electrons. The molecule has 0 aromatic heterocycles. The Labute approximate surface area is 74.6 Å². The second-order valence-corrected chi connectivity index (χ2v) is 5.54. The maximum absolute atomic E-state index is 10.9. The Morgan fingerprint density at radius 1 is 1.25 bits per heavy atom. The predicted octanol–water partition coefficient (Wildman–Crippen LogP) is 1.11. The molecular weight excluding hydrogens is 174 g/mol. The SMILES string of the molecule is CC1CCCCC1NS(C)(=O)=O. The molecule has 3 nitrogen and oxygen atoms in total. The zero-order valence-electron chi connectivity index (χ0n) is 7.71. The van der Waals surface area contributed by atoms with E-state index in [1.807, 2.05) is 0 Å². The zero-order valence-corrected chi connectivity index (χ0v) is 8.52. The summed E-state index contributed by atoms with van der Waals surface area (Å²) in [5, 5.41) is 0. The Hall–Kier alpha value is -0.0900. The van der Waals surface area contributed by atoms with Crippen LogP contribution >= 0.6 is 0 Å². The van der Waals surface area contributed by atoms with Crippen LogP contribution in [0.25, 0.3) is 0 Å². The van der Waals surface area contributed by atoms with Crippen LogP contribution in [0.1, 0.15) is 32.6 Å². The van der Waals surface area contributed by atoms with Gasteiger partial charge in [0.2, 0.25) is 10.0 Å². The molecule has 0 aromatic carbocycles. The largest absolute Gasteiger partial charge is 0.213 e. The summed E-state index contributed by atoms with van der Waals surface area (Å²) in [6.07, 6.45) is 5.76. The van der Waals surface area contributed by atoms with Crippen LogP contribution < -0.4 is 4.72 Å². The van der Waals surface area contributed by atoms with Gasteiger partial charge in [0.25, 0.3) is 0 Å². The van der Waals surface area contributed by atoms with Crippen molar-refractivity contribution in [2.45, 2.75) is 38.6 Å². The highest BCUT2D eigenvalue weighted by atomic mass is 32.2. The van der Waals surface area contributed by atoms with E-state index in [-0.39, 0.29) is 6.04 Å². The van der Waals surface area contributed by atoms with E-state index in [1.54, 1.807) is 0 Å². The fourth-order valence-electron chi connectivity index (χ4n) is 1.77. The van der Waals surface area contributed by atoms with Gasteiger partial charge < -0.3 is 0 Å². The third-order valence-corrected chi connectivity index (χ3v) is 3.21. The summed E-state index contributed by atoms with van der Waals surface area (Å²) >= 11 is 0. The summed E-state index contributed by atoms with van der Waals surface area (Å²) < 4.78 is 24.5. The quantitative estimate of drug-likeness (QED) is 0.711. The van der Waals surface area contributed by atoms with Crippen LogP contribution in [-0.2, 0) is 10.0 Å². The van der Waals surface area contributed by atoms with Crippen molar-refractivity contribution in [2.24, 2.45) is 5.92 Å². The minimum atomic E-state index is -3.01. The first-order valence-corrected chi connectivity index (χ1v) is 6.35. The summed E-state index contributed by atoms with van der Waals surface area (Å²) in [4.78, 5) is 0. The van der Waals surface area contributed by atoms with Crippen LogP contribution in [0.15, 0.2) is 0 Å². The first kappa shape index (κ1) is 9.99. The lowest BCUT2D eigenvalue weighted by atomic mass is 9.87. The van der Waals surface area contributed by atoms with Gasteiger partial charge in [0.05, 0.1) is 6.26 Å². The van der Waals surface area contributed by atoms with Crippen molar-refractivity contribution < 1.29 is 8.42 Å². The van der Waals surface area contributed by atoms with Gasteiger partial charge in [0.15, 0.2) is 0 Å². The normalized spacial score (nSPS) is 31.8. The molecule has 0 amide bonds. The molecule has 1 N–H and O–H groups in total. The Morgan fingerprint density at radius 3 is 2.33 bits per heavy atom. The van der Waals surface area contributed by atoms with Crippen LogP contribution in [0, 0.1) is 5.92 Å². The number of rotatable bonds is 2. The van der Waals surface area contributed by atoms with Crippen LogP contribution in [-0.4, -0.2) is 20.7 Å². The summed E-state index contributed by atoms with van der Waals surface area (Å²) in [7, 11) is -3.01. The lowest BCUT2D eigenvalue weighted by Gasteiger charge is -2.28. The van der Waals surface area contributed by atoms with Gasteiger partial charge in [-0.15, -0.1) is 0 Å². The van der Waals surface area contributed by atoms with E-state index >= 15 is 0 Å². The van der Waals surface area contributed by atoms with E-state index in [1.165, 1.54) is 12.7 Å². The molecule has 0 heterocycles. The van der Waals surface area contributed by atoms with E-state index in [2.05, 4.69) is 11.6 Å². The van der Waals surface area contributed by atoms with Gasteiger partial charge in [-0.25, -0.2) is 13.1 Å². The van der Waals surface area contributed by atoms with Crippen LogP contribution in [0.2, 0.25) is 0 Å².